The van der Waals surface area contributed by atoms with Crippen LogP contribution in [-0.2, 0) is 5.41 Å². The van der Waals surface area contributed by atoms with Gasteiger partial charge < -0.3 is 0 Å². The highest BCUT2D eigenvalue weighted by Gasteiger charge is 2.52. The zero-order valence-corrected chi connectivity index (χ0v) is 31.2. The van der Waals surface area contributed by atoms with Gasteiger partial charge in [-0.05, 0) is 112 Å². The molecule has 0 atom stereocenters. The lowest BCUT2D eigenvalue weighted by Crippen LogP contribution is -2.25. The minimum Gasteiger partial charge on any atom is -0.135 e. The van der Waals surface area contributed by atoms with Crippen LogP contribution in [0.4, 0.5) is 0 Å². The van der Waals surface area contributed by atoms with Crippen LogP contribution in [0.3, 0.4) is 0 Å². The average molecular weight is 725 g/mol. The maximum Gasteiger partial charge on any atom is 0.0726 e. The third-order valence-corrected chi connectivity index (χ3v) is 14.1. The Morgan fingerprint density at radius 2 is 0.839 bits per heavy atom. The summed E-state index contributed by atoms with van der Waals surface area (Å²) in [6.07, 6.45) is 0. The van der Waals surface area contributed by atoms with Gasteiger partial charge in [0.1, 0.15) is 0 Å². The van der Waals surface area contributed by atoms with Crippen LogP contribution in [0.2, 0.25) is 0 Å². The minimum atomic E-state index is -0.436. The van der Waals surface area contributed by atoms with Crippen LogP contribution in [0.15, 0.2) is 194 Å². The molecule has 1 heterocycles. The van der Waals surface area contributed by atoms with Crippen molar-refractivity contribution in [2.75, 3.05) is 0 Å². The molecule has 10 aromatic carbocycles. The van der Waals surface area contributed by atoms with Crippen LogP contribution in [0, 0.1) is 0 Å². The topological polar surface area (TPSA) is 0 Å². The molecule has 56 heavy (non-hydrogen) atoms. The Bertz CT molecular complexity index is 3390. The highest BCUT2D eigenvalue weighted by molar-refractivity contribution is 7.26. The van der Waals surface area contributed by atoms with Gasteiger partial charge in [-0.25, -0.2) is 0 Å². The summed E-state index contributed by atoms with van der Waals surface area (Å²) in [6, 6.07) is 73.2. The van der Waals surface area contributed by atoms with Gasteiger partial charge in [-0.3, -0.25) is 0 Å². The van der Waals surface area contributed by atoms with Crippen molar-refractivity contribution in [2.45, 2.75) is 5.41 Å². The number of benzene rings is 10. The Kier molecular flexibility index (Phi) is 6.07. The Hall–Kier alpha value is -6.80. The van der Waals surface area contributed by atoms with E-state index in [2.05, 4.69) is 194 Å². The maximum absolute atomic E-state index is 2.57. The molecular formula is C55H32S. The quantitative estimate of drug-likeness (QED) is 0.156. The Morgan fingerprint density at radius 3 is 1.52 bits per heavy atom. The van der Waals surface area contributed by atoms with Crippen molar-refractivity contribution in [2.24, 2.45) is 0 Å². The van der Waals surface area contributed by atoms with Crippen LogP contribution in [0.5, 0.6) is 0 Å². The first-order valence-corrected chi connectivity index (χ1v) is 20.3. The molecule has 13 rings (SSSR count). The van der Waals surface area contributed by atoms with Crippen molar-refractivity contribution in [1.29, 1.82) is 0 Å². The molecule has 1 aromatic heterocycles. The predicted octanol–water partition coefficient (Wildman–Crippen LogP) is 15.2. The molecule has 0 saturated heterocycles. The second kappa shape index (κ2) is 11.1. The first kappa shape index (κ1) is 30.5. The fourth-order valence-electron chi connectivity index (χ4n) is 10.7. The molecule has 0 bridgehead atoms. The van der Waals surface area contributed by atoms with Crippen LogP contribution in [0.25, 0.3) is 97.0 Å². The molecule has 1 spiro atoms. The van der Waals surface area contributed by atoms with E-state index in [1.165, 1.54) is 119 Å². The smallest absolute Gasteiger partial charge is 0.0726 e. The molecule has 0 radical (unpaired) electrons. The largest absolute Gasteiger partial charge is 0.135 e. The highest BCUT2D eigenvalue weighted by Crippen LogP contribution is 2.65. The third kappa shape index (κ3) is 3.83. The Morgan fingerprint density at radius 1 is 0.304 bits per heavy atom. The van der Waals surface area contributed by atoms with Gasteiger partial charge in [0.2, 0.25) is 0 Å². The Labute approximate surface area is 328 Å². The van der Waals surface area contributed by atoms with Crippen molar-refractivity contribution in [3.8, 4) is 44.5 Å². The number of thiophene rings is 1. The molecule has 0 amide bonds. The fraction of sp³-hybridized carbons (Fsp3) is 0.0182. The molecule has 258 valence electrons. The first-order chi connectivity index (χ1) is 27.8. The van der Waals surface area contributed by atoms with Crippen LogP contribution >= 0.6 is 11.3 Å². The first-order valence-electron chi connectivity index (χ1n) is 19.5. The standard InChI is InChI=1S/C55H32S/c1-2-14-34-31-35(26-25-33(34)13-1)51-40-18-3-5-20-42(40)52(43-21-6-4-19-41(43)51)36-27-28-45-49(32-36)55(46-22-10-7-15-37(46)38-16-8-11-23-47(38)55)48-30-29-44-39-17-9-12-24-50(39)56-54(44)53(45)48/h1-32H. The lowest BCUT2D eigenvalue weighted by Gasteiger charge is -2.31. The van der Waals surface area contributed by atoms with E-state index < -0.39 is 5.41 Å². The maximum atomic E-state index is 2.57. The number of hydrogen-bond acceptors (Lipinski definition) is 1. The average Bonchev–Trinajstić information content (AvgIpc) is 3.89. The van der Waals surface area contributed by atoms with Gasteiger partial charge in [0, 0.05) is 25.7 Å². The van der Waals surface area contributed by atoms with E-state index >= 15 is 0 Å². The van der Waals surface area contributed by atoms with Crippen molar-refractivity contribution in [3.63, 3.8) is 0 Å². The molecule has 0 nitrogen and oxygen atoms in total. The summed E-state index contributed by atoms with van der Waals surface area (Å²) >= 11 is 1.94. The van der Waals surface area contributed by atoms with Gasteiger partial charge in [-0.15, -0.1) is 11.3 Å². The molecule has 0 N–H and O–H groups in total. The van der Waals surface area contributed by atoms with Gasteiger partial charge in [-0.1, -0.05) is 176 Å². The van der Waals surface area contributed by atoms with Crippen molar-refractivity contribution >= 4 is 63.8 Å². The lowest BCUT2D eigenvalue weighted by molar-refractivity contribution is 0.795. The second-order valence-electron chi connectivity index (χ2n) is 15.5. The molecule has 2 aliphatic rings. The van der Waals surface area contributed by atoms with Crippen molar-refractivity contribution in [3.05, 3.63) is 216 Å². The minimum absolute atomic E-state index is 0.436. The van der Waals surface area contributed by atoms with E-state index in [0.29, 0.717) is 0 Å². The van der Waals surface area contributed by atoms with Gasteiger partial charge in [0.15, 0.2) is 0 Å². The summed E-state index contributed by atoms with van der Waals surface area (Å²) in [5.74, 6) is 0. The number of fused-ring (bicyclic) bond motifs is 17. The summed E-state index contributed by atoms with van der Waals surface area (Å²) in [4.78, 5) is 0. The van der Waals surface area contributed by atoms with E-state index in [9.17, 15) is 0 Å². The van der Waals surface area contributed by atoms with Crippen LogP contribution < -0.4 is 0 Å². The Balaban J connectivity index is 1.15. The van der Waals surface area contributed by atoms with Crippen molar-refractivity contribution in [1.82, 2.24) is 0 Å². The summed E-state index contributed by atoms with van der Waals surface area (Å²) in [5.41, 5.74) is 15.6. The molecular weight excluding hydrogens is 693 g/mol. The van der Waals surface area contributed by atoms with Crippen LogP contribution in [-0.4, -0.2) is 0 Å². The third-order valence-electron chi connectivity index (χ3n) is 12.9. The number of hydrogen-bond donors (Lipinski definition) is 0. The molecule has 0 unspecified atom stereocenters. The molecule has 11 aromatic rings. The van der Waals surface area contributed by atoms with E-state index in [0.717, 1.165) is 0 Å². The zero-order chi connectivity index (χ0) is 36.5. The summed E-state index contributed by atoms with van der Waals surface area (Å²) < 4.78 is 2.72. The predicted molar refractivity (Wildman–Crippen MR) is 239 cm³/mol. The van der Waals surface area contributed by atoms with E-state index in [1.807, 2.05) is 11.3 Å². The SMILES string of the molecule is c1ccc2c(c1)-c1ccccc1C21c2cc(-c3c4ccccc4c(-c4ccc5ccccc5c4)c4ccccc34)ccc2-c2c1ccc1c2sc2ccccc21. The van der Waals surface area contributed by atoms with E-state index in [4.69, 9.17) is 0 Å². The number of rotatable bonds is 2. The van der Waals surface area contributed by atoms with Crippen molar-refractivity contribution < 1.29 is 0 Å². The van der Waals surface area contributed by atoms with Gasteiger partial charge in [-0.2, -0.15) is 0 Å². The molecule has 1 heteroatoms. The fourth-order valence-corrected chi connectivity index (χ4v) is 11.9. The summed E-state index contributed by atoms with van der Waals surface area (Å²) in [7, 11) is 0. The second-order valence-corrected chi connectivity index (χ2v) is 16.5. The van der Waals surface area contributed by atoms with Gasteiger partial charge in [0.25, 0.3) is 0 Å². The summed E-state index contributed by atoms with van der Waals surface area (Å²) in [6.45, 7) is 0. The monoisotopic (exact) mass is 724 g/mol. The van der Waals surface area contributed by atoms with E-state index in [-0.39, 0.29) is 0 Å². The summed E-state index contributed by atoms with van der Waals surface area (Å²) in [5, 5.41) is 10.3. The molecule has 0 saturated carbocycles. The van der Waals surface area contributed by atoms with E-state index in [1.54, 1.807) is 0 Å². The zero-order valence-electron chi connectivity index (χ0n) is 30.4. The highest BCUT2D eigenvalue weighted by atomic mass is 32.1. The van der Waals surface area contributed by atoms with Gasteiger partial charge >= 0.3 is 0 Å². The molecule has 0 aliphatic heterocycles. The molecule has 0 fully saturated rings. The lowest BCUT2D eigenvalue weighted by atomic mass is 9.70. The van der Waals surface area contributed by atoms with Gasteiger partial charge in [0.05, 0.1) is 5.41 Å². The van der Waals surface area contributed by atoms with Crippen LogP contribution in [0.1, 0.15) is 22.3 Å². The normalized spacial score (nSPS) is 13.5. The molecule has 2 aliphatic carbocycles.